The van der Waals surface area contributed by atoms with Crippen LogP contribution in [0.3, 0.4) is 0 Å². The topological polar surface area (TPSA) is 17.1 Å². The van der Waals surface area contributed by atoms with Crippen molar-refractivity contribution < 1.29 is 13.6 Å². The third-order valence-electron chi connectivity index (χ3n) is 8.59. The van der Waals surface area contributed by atoms with Gasteiger partial charge in [-0.2, -0.15) is 8.78 Å². The fourth-order valence-electron chi connectivity index (χ4n) is 6.45. The Morgan fingerprint density at radius 1 is 0.788 bits per heavy atom. The molecule has 3 rings (SSSR count). The molecular weight excluding hydrogens is 414 g/mol. The molecule has 1 aromatic carbocycles. The fourth-order valence-corrected chi connectivity index (χ4v) is 6.45. The summed E-state index contributed by atoms with van der Waals surface area (Å²) in [7, 11) is 0. The smallest absolute Gasteiger partial charge is 0.287 e. The molecule has 0 spiro atoms. The first-order chi connectivity index (χ1) is 15.9. The van der Waals surface area contributed by atoms with E-state index in [1.54, 1.807) is 19.1 Å². The largest absolute Gasteiger partial charge is 0.309 e. The summed E-state index contributed by atoms with van der Waals surface area (Å²) in [5.41, 5.74) is 1.36. The molecule has 0 N–H and O–H groups in total. The van der Waals surface area contributed by atoms with Gasteiger partial charge in [0.2, 0.25) is 5.78 Å². The van der Waals surface area contributed by atoms with E-state index in [0.29, 0.717) is 12.3 Å². The van der Waals surface area contributed by atoms with E-state index in [4.69, 9.17) is 0 Å². The molecule has 33 heavy (non-hydrogen) atoms. The summed E-state index contributed by atoms with van der Waals surface area (Å²) >= 11 is 0. The Morgan fingerprint density at radius 3 is 1.94 bits per heavy atom. The number of unbranched alkanes of at least 4 members (excludes halogenated alkanes) is 4. The van der Waals surface area contributed by atoms with Crippen molar-refractivity contribution >= 4 is 5.78 Å². The van der Waals surface area contributed by atoms with Crippen molar-refractivity contribution in [3.63, 3.8) is 0 Å². The zero-order valence-corrected chi connectivity index (χ0v) is 21.1. The lowest BCUT2D eigenvalue weighted by molar-refractivity contribution is 0.00453. The maximum Gasteiger partial charge on any atom is 0.309 e. The zero-order chi connectivity index (χ0) is 23.7. The van der Waals surface area contributed by atoms with Gasteiger partial charge in [-0.3, -0.25) is 4.79 Å². The quantitative estimate of drug-likeness (QED) is 0.224. The van der Waals surface area contributed by atoms with Crippen molar-refractivity contribution in [1.82, 2.24) is 0 Å². The SMILES string of the molecule is CCCCCCCC1CCC(C2CCC(c3ccc(C(=O)C(F)(F)CCC)cc3)CC2)CC1. The van der Waals surface area contributed by atoms with Crippen molar-refractivity contribution in [3.8, 4) is 0 Å². The van der Waals surface area contributed by atoms with E-state index in [1.165, 1.54) is 95.5 Å². The van der Waals surface area contributed by atoms with Gasteiger partial charge >= 0.3 is 5.92 Å². The Bertz CT molecular complexity index is 695. The summed E-state index contributed by atoms with van der Waals surface area (Å²) in [5, 5.41) is 0. The molecule has 0 amide bonds. The predicted molar refractivity (Wildman–Crippen MR) is 134 cm³/mol. The minimum Gasteiger partial charge on any atom is -0.287 e. The fraction of sp³-hybridized carbons (Fsp3) is 0.767. The van der Waals surface area contributed by atoms with Crippen LogP contribution in [0.4, 0.5) is 8.78 Å². The van der Waals surface area contributed by atoms with Crippen LogP contribution in [0, 0.1) is 17.8 Å². The predicted octanol–water partition coefficient (Wildman–Crippen LogP) is 9.75. The van der Waals surface area contributed by atoms with Crippen LogP contribution in [0.2, 0.25) is 0 Å². The van der Waals surface area contributed by atoms with Crippen molar-refractivity contribution in [1.29, 1.82) is 0 Å². The Labute approximate surface area is 201 Å². The van der Waals surface area contributed by atoms with E-state index in [2.05, 4.69) is 6.92 Å². The Balaban J connectivity index is 1.40. The third kappa shape index (κ3) is 7.62. The number of carbonyl (C=O) groups excluding carboxylic acids is 1. The molecule has 2 aliphatic carbocycles. The van der Waals surface area contributed by atoms with Crippen LogP contribution < -0.4 is 0 Å². The van der Waals surface area contributed by atoms with Gasteiger partial charge in [-0.15, -0.1) is 0 Å². The lowest BCUT2D eigenvalue weighted by atomic mass is 9.68. The molecule has 1 aromatic rings. The van der Waals surface area contributed by atoms with Crippen LogP contribution in [0.5, 0.6) is 0 Å². The summed E-state index contributed by atoms with van der Waals surface area (Å²) in [6.45, 7) is 3.97. The monoisotopic (exact) mass is 460 g/mol. The molecule has 0 unspecified atom stereocenters. The number of rotatable bonds is 12. The van der Waals surface area contributed by atoms with Crippen molar-refractivity contribution in [2.24, 2.45) is 17.8 Å². The molecule has 2 aliphatic rings. The number of halogens is 2. The van der Waals surface area contributed by atoms with Gasteiger partial charge in [0.15, 0.2) is 0 Å². The molecule has 2 saturated carbocycles. The molecule has 0 heterocycles. The number of alkyl halides is 2. The highest BCUT2D eigenvalue weighted by Gasteiger charge is 2.38. The molecule has 3 heteroatoms. The number of hydrogen-bond donors (Lipinski definition) is 0. The van der Waals surface area contributed by atoms with Gasteiger partial charge in [-0.1, -0.05) is 89.5 Å². The molecule has 0 aliphatic heterocycles. The first-order valence-corrected chi connectivity index (χ1v) is 14.0. The highest BCUT2D eigenvalue weighted by molar-refractivity contribution is 6.01. The van der Waals surface area contributed by atoms with E-state index in [1.807, 2.05) is 12.1 Å². The summed E-state index contributed by atoms with van der Waals surface area (Å²) in [6, 6.07) is 7.09. The number of carbonyl (C=O) groups is 1. The van der Waals surface area contributed by atoms with Crippen molar-refractivity contribution in [2.45, 2.75) is 128 Å². The zero-order valence-electron chi connectivity index (χ0n) is 21.1. The van der Waals surface area contributed by atoms with Crippen LogP contribution in [-0.4, -0.2) is 11.7 Å². The van der Waals surface area contributed by atoms with Crippen LogP contribution >= 0.6 is 0 Å². The van der Waals surface area contributed by atoms with Gasteiger partial charge in [0.1, 0.15) is 0 Å². The molecule has 0 radical (unpaired) electrons. The van der Waals surface area contributed by atoms with E-state index < -0.39 is 11.7 Å². The normalized spacial score (nSPS) is 26.3. The summed E-state index contributed by atoms with van der Waals surface area (Å²) in [6.07, 6.45) is 19.1. The summed E-state index contributed by atoms with van der Waals surface area (Å²) in [4.78, 5) is 12.1. The van der Waals surface area contributed by atoms with Crippen LogP contribution in [-0.2, 0) is 0 Å². The molecular formula is C30H46F2O. The van der Waals surface area contributed by atoms with Gasteiger partial charge < -0.3 is 0 Å². The van der Waals surface area contributed by atoms with Crippen molar-refractivity contribution in [3.05, 3.63) is 35.4 Å². The number of Topliss-reactive ketones (excluding diaryl/α,β-unsaturated/α-hetero) is 1. The first kappa shape index (κ1) is 26.4. The van der Waals surface area contributed by atoms with Crippen LogP contribution in [0.1, 0.15) is 138 Å². The third-order valence-corrected chi connectivity index (χ3v) is 8.59. The second-order valence-electron chi connectivity index (χ2n) is 11.0. The van der Waals surface area contributed by atoms with Gasteiger partial charge in [-0.05, 0) is 74.2 Å². The van der Waals surface area contributed by atoms with Gasteiger partial charge in [0.05, 0.1) is 0 Å². The van der Waals surface area contributed by atoms with Crippen LogP contribution in [0.15, 0.2) is 24.3 Å². The van der Waals surface area contributed by atoms with Gasteiger partial charge in [0.25, 0.3) is 0 Å². The molecule has 0 aromatic heterocycles. The molecule has 0 bridgehead atoms. The second kappa shape index (κ2) is 13.0. The van der Waals surface area contributed by atoms with Gasteiger partial charge in [-0.25, -0.2) is 0 Å². The number of hydrogen-bond acceptors (Lipinski definition) is 1. The molecule has 1 nitrogen and oxygen atoms in total. The maximum atomic E-state index is 14.0. The standard InChI is InChI=1S/C30H46F2O/c1-3-5-6-7-8-9-23-10-12-24(13-11-23)25-14-16-26(17-15-25)27-18-20-28(21-19-27)29(33)30(31,32)22-4-2/h18-21,23-26H,3-17,22H2,1-2H3. The summed E-state index contributed by atoms with van der Waals surface area (Å²) < 4.78 is 27.9. The number of benzene rings is 1. The van der Waals surface area contributed by atoms with E-state index in [0.717, 1.165) is 17.8 Å². The van der Waals surface area contributed by atoms with Crippen molar-refractivity contribution in [2.75, 3.05) is 0 Å². The molecule has 0 saturated heterocycles. The average Bonchev–Trinajstić information content (AvgIpc) is 2.84. The minimum atomic E-state index is -3.25. The van der Waals surface area contributed by atoms with E-state index in [-0.39, 0.29) is 12.0 Å². The van der Waals surface area contributed by atoms with E-state index in [9.17, 15) is 13.6 Å². The van der Waals surface area contributed by atoms with Crippen LogP contribution in [0.25, 0.3) is 0 Å². The molecule has 0 atom stereocenters. The Morgan fingerprint density at radius 2 is 1.36 bits per heavy atom. The van der Waals surface area contributed by atoms with E-state index >= 15 is 0 Å². The lowest BCUT2D eigenvalue weighted by Gasteiger charge is -2.38. The Hall–Kier alpha value is -1.25. The number of ketones is 1. The molecule has 2 fully saturated rings. The van der Waals surface area contributed by atoms with Gasteiger partial charge in [0, 0.05) is 12.0 Å². The second-order valence-corrected chi connectivity index (χ2v) is 11.0. The highest BCUT2D eigenvalue weighted by Crippen LogP contribution is 2.44. The minimum absolute atomic E-state index is 0.146. The highest BCUT2D eigenvalue weighted by atomic mass is 19.3. The first-order valence-electron chi connectivity index (χ1n) is 14.0. The average molecular weight is 461 g/mol. The lowest BCUT2D eigenvalue weighted by Crippen LogP contribution is -2.28. The molecule has 186 valence electrons. The maximum absolute atomic E-state index is 14.0. The Kier molecular flexibility index (Phi) is 10.4. The summed E-state index contributed by atoms with van der Waals surface area (Å²) in [5.74, 6) is -0.992.